The van der Waals surface area contributed by atoms with Crippen molar-refractivity contribution in [2.45, 2.75) is 45.8 Å². The Morgan fingerprint density at radius 2 is 1.92 bits per heavy atom. The van der Waals surface area contributed by atoms with E-state index in [1.165, 1.54) is 11.1 Å². The van der Waals surface area contributed by atoms with Crippen LogP contribution in [0.2, 0.25) is 0 Å². The van der Waals surface area contributed by atoms with Crippen molar-refractivity contribution in [2.75, 3.05) is 38.1 Å². The molecule has 0 spiro atoms. The average Bonchev–Trinajstić information content (AvgIpc) is 3.61. The predicted molar refractivity (Wildman–Crippen MR) is 138 cm³/mol. The minimum Gasteiger partial charge on any atom is -0.356 e. The molecule has 3 aromatic rings. The Hall–Kier alpha value is -3.43. The van der Waals surface area contributed by atoms with Gasteiger partial charge in [-0.25, -0.2) is 5.01 Å². The lowest BCUT2D eigenvalue weighted by Gasteiger charge is -2.32. The standard InChI is InChI=1S/C27H34N6O3/c1-18-11-25-23(19(2)30-36-25)12-24(18)32(16-26(34)29-13-22-9-6-10-28-22)17-27(35)31(3)33-14-20-7-4-5-8-21(20)15-33/h4-5,7-8,11-12,22,28H,6,9-10,13-17H2,1-3H3,(H,29,34)/t22-/m0/s1. The largest absolute Gasteiger partial charge is 0.356 e. The second kappa shape index (κ2) is 10.3. The van der Waals surface area contributed by atoms with Crippen molar-refractivity contribution in [1.82, 2.24) is 25.8 Å². The van der Waals surface area contributed by atoms with E-state index in [0.717, 1.165) is 41.7 Å². The molecule has 1 atom stereocenters. The molecule has 1 fully saturated rings. The number of hydrogen-bond donors (Lipinski definition) is 2. The number of amides is 2. The number of fused-ring (bicyclic) bond motifs is 2. The van der Waals surface area contributed by atoms with Gasteiger partial charge >= 0.3 is 0 Å². The highest BCUT2D eigenvalue weighted by Crippen LogP contribution is 2.29. The molecule has 1 aromatic heterocycles. The number of likely N-dealkylation sites (N-methyl/N-ethyl adjacent to an activating group) is 1. The molecule has 36 heavy (non-hydrogen) atoms. The predicted octanol–water partition coefficient (Wildman–Crippen LogP) is 2.51. The molecule has 5 rings (SSSR count). The lowest BCUT2D eigenvalue weighted by Crippen LogP contribution is -2.48. The van der Waals surface area contributed by atoms with Crippen molar-refractivity contribution in [3.63, 3.8) is 0 Å². The smallest absolute Gasteiger partial charge is 0.256 e. The molecule has 0 unspecified atom stereocenters. The van der Waals surface area contributed by atoms with Crippen molar-refractivity contribution in [3.8, 4) is 0 Å². The molecular formula is C27H34N6O3. The van der Waals surface area contributed by atoms with Crippen molar-refractivity contribution in [1.29, 1.82) is 0 Å². The summed E-state index contributed by atoms with van der Waals surface area (Å²) in [5, 5.41) is 15.1. The number of nitrogens with zero attached hydrogens (tertiary/aromatic N) is 4. The number of anilines is 1. The molecular weight excluding hydrogens is 456 g/mol. The Morgan fingerprint density at radius 3 is 2.61 bits per heavy atom. The van der Waals surface area contributed by atoms with Gasteiger partial charge in [0, 0.05) is 43.8 Å². The molecule has 1 saturated heterocycles. The minimum absolute atomic E-state index is 0.0744. The fourth-order valence-electron chi connectivity index (χ4n) is 5.11. The summed E-state index contributed by atoms with van der Waals surface area (Å²) in [6, 6.07) is 12.5. The molecule has 0 bridgehead atoms. The van der Waals surface area contributed by atoms with Gasteiger partial charge in [0.25, 0.3) is 5.91 Å². The Balaban J connectivity index is 1.34. The molecule has 2 N–H and O–H groups in total. The van der Waals surface area contributed by atoms with Crippen LogP contribution in [0.4, 0.5) is 5.69 Å². The van der Waals surface area contributed by atoms with Gasteiger partial charge in [0.05, 0.1) is 18.8 Å². The van der Waals surface area contributed by atoms with Crippen LogP contribution in [0.5, 0.6) is 0 Å². The average molecular weight is 491 g/mol. The number of hydrogen-bond acceptors (Lipinski definition) is 7. The first-order valence-corrected chi connectivity index (χ1v) is 12.6. The zero-order chi connectivity index (χ0) is 25.2. The summed E-state index contributed by atoms with van der Waals surface area (Å²) in [5.74, 6) is -0.177. The second-order valence-corrected chi connectivity index (χ2v) is 9.86. The number of carbonyl (C=O) groups is 2. The van der Waals surface area contributed by atoms with E-state index in [4.69, 9.17) is 4.52 Å². The van der Waals surface area contributed by atoms with Gasteiger partial charge in [-0.2, -0.15) is 0 Å². The first-order valence-electron chi connectivity index (χ1n) is 12.6. The SMILES string of the molecule is Cc1cc2onc(C)c2cc1N(CC(=O)NC[C@@H]1CCCN1)CC(=O)N(C)N1Cc2ccccc2C1. The van der Waals surface area contributed by atoms with Crippen molar-refractivity contribution >= 4 is 28.5 Å². The van der Waals surface area contributed by atoms with Gasteiger partial charge < -0.3 is 20.1 Å². The fourth-order valence-corrected chi connectivity index (χ4v) is 5.11. The molecule has 9 nitrogen and oxygen atoms in total. The molecule has 190 valence electrons. The summed E-state index contributed by atoms with van der Waals surface area (Å²) < 4.78 is 5.42. The molecule has 3 heterocycles. The van der Waals surface area contributed by atoms with Crippen LogP contribution in [-0.2, 0) is 22.7 Å². The summed E-state index contributed by atoms with van der Waals surface area (Å²) in [6.07, 6.45) is 2.19. The van der Waals surface area contributed by atoms with E-state index in [0.29, 0.717) is 31.3 Å². The molecule has 0 radical (unpaired) electrons. The highest BCUT2D eigenvalue weighted by Gasteiger charge is 2.27. The number of aryl methyl sites for hydroxylation is 2. The van der Waals surface area contributed by atoms with Crippen LogP contribution in [0.15, 0.2) is 40.9 Å². The fraction of sp³-hybridized carbons (Fsp3) is 0.444. The lowest BCUT2D eigenvalue weighted by atomic mass is 10.1. The zero-order valence-corrected chi connectivity index (χ0v) is 21.2. The van der Waals surface area contributed by atoms with Crippen LogP contribution in [0.25, 0.3) is 11.0 Å². The van der Waals surface area contributed by atoms with Crippen LogP contribution in [0, 0.1) is 13.8 Å². The maximum absolute atomic E-state index is 13.5. The van der Waals surface area contributed by atoms with E-state index < -0.39 is 0 Å². The third kappa shape index (κ3) is 5.08. The van der Waals surface area contributed by atoms with Crippen LogP contribution in [0.1, 0.15) is 35.2 Å². The van der Waals surface area contributed by atoms with E-state index in [-0.39, 0.29) is 24.9 Å². The summed E-state index contributed by atoms with van der Waals surface area (Å²) in [5.41, 5.74) is 5.70. The van der Waals surface area contributed by atoms with Gasteiger partial charge in [0.15, 0.2) is 5.58 Å². The van der Waals surface area contributed by atoms with Crippen molar-refractivity contribution in [2.24, 2.45) is 0 Å². The second-order valence-electron chi connectivity index (χ2n) is 9.86. The van der Waals surface area contributed by atoms with Crippen LogP contribution in [0.3, 0.4) is 0 Å². The molecule has 2 aromatic carbocycles. The molecule has 2 amide bonds. The zero-order valence-electron chi connectivity index (χ0n) is 21.2. The number of benzene rings is 2. The van der Waals surface area contributed by atoms with Gasteiger partial charge in [-0.15, -0.1) is 0 Å². The van der Waals surface area contributed by atoms with E-state index >= 15 is 0 Å². The molecule has 9 heteroatoms. The Labute approximate surface area is 211 Å². The van der Waals surface area contributed by atoms with Crippen molar-refractivity contribution in [3.05, 3.63) is 58.8 Å². The summed E-state index contributed by atoms with van der Waals surface area (Å²) in [4.78, 5) is 28.3. The highest BCUT2D eigenvalue weighted by molar-refractivity contribution is 5.90. The third-order valence-electron chi connectivity index (χ3n) is 7.29. The van der Waals surface area contributed by atoms with Crippen LogP contribution in [-0.4, -0.2) is 66.3 Å². The highest BCUT2D eigenvalue weighted by atomic mass is 16.5. The maximum atomic E-state index is 13.5. The third-order valence-corrected chi connectivity index (χ3v) is 7.29. The Kier molecular flexibility index (Phi) is 6.93. The topological polar surface area (TPSA) is 93.9 Å². The van der Waals surface area contributed by atoms with Gasteiger partial charge in [-0.3, -0.25) is 14.6 Å². The van der Waals surface area contributed by atoms with E-state index in [2.05, 4.69) is 27.9 Å². The summed E-state index contributed by atoms with van der Waals surface area (Å²) >= 11 is 0. The normalized spacial score (nSPS) is 17.4. The van der Waals surface area contributed by atoms with Crippen LogP contribution < -0.4 is 15.5 Å². The molecule has 0 saturated carbocycles. The molecule has 2 aliphatic rings. The van der Waals surface area contributed by atoms with E-state index in [1.807, 2.05) is 48.0 Å². The first-order chi connectivity index (χ1) is 17.4. The summed E-state index contributed by atoms with van der Waals surface area (Å²) in [6.45, 7) is 6.99. The molecule has 2 aliphatic heterocycles. The van der Waals surface area contributed by atoms with E-state index in [9.17, 15) is 9.59 Å². The van der Waals surface area contributed by atoms with Gasteiger partial charge in [-0.1, -0.05) is 29.4 Å². The Bertz CT molecular complexity index is 1240. The van der Waals surface area contributed by atoms with Gasteiger partial charge in [-0.05, 0) is 62.1 Å². The van der Waals surface area contributed by atoms with Crippen LogP contribution >= 0.6 is 0 Å². The number of rotatable bonds is 8. The van der Waals surface area contributed by atoms with E-state index in [1.54, 1.807) is 12.1 Å². The summed E-state index contributed by atoms with van der Waals surface area (Å²) in [7, 11) is 1.80. The Morgan fingerprint density at radius 1 is 1.17 bits per heavy atom. The molecule has 0 aliphatic carbocycles. The first kappa shape index (κ1) is 24.3. The number of aromatic nitrogens is 1. The quantitative estimate of drug-likeness (QED) is 0.501. The monoisotopic (exact) mass is 490 g/mol. The number of nitrogens with one attached hydrogen (secondary N) is 2. The minimum atomic E-state index is -0.103. The maximum Gasteiger partial charge on any atom is 0.256 e. The van der Waals surface area contributed by atoms with Gasteiger partial charge in [0.1, 0.15) is 0 Å². The van der Waals surface area contributed by atoms with Gasteiger partial charge in [0.2, 0.25) is 5.91 Å². The number of hydrazine groups is 1. The number of carbonyl (C=O) groups excluding carboxylic acids is 2. The van der Waals surface area contributed by atoms with Crippen molar-refractivity contribution < 1.29 is 14.1 Å². The lowest BCUT2D eigenvalue weighted by molar-refractivity contribution is -0.145.